The molecule has 0 aliphatic heterocycles. The summed E-state index contributed by atoms with van der Waals surface area (Å²) < 4.78 is 0.980. The maximum atomic E-state index is 6.01. The third-order valence-corrected chi connectivity index (χ3v) is 4.06. The van der Waals surface area contributed by atoms with Crippen LogP contribution >= 0.6 is 27.5 Å². The first-order chi connectivity index (χ1) is 6.77. The van der Waals surface area contributed by atoms with Gasteiger partial charge in [0, 0.05) is 6.04 Å². The molecule has 0 bridgehead atoms. The highest BCUT2D eigenvalue weighted by Gasteiger charge is 2.15. The van der Waals surface area contributed by atoms with Crippen molar-refractivity contribution in [3.63, 3.8) is 0 Å². The Morgan fingerprint density at radius 1 is 1.29 bits per heavy atom. The Labute approximate surface area is 98.0 Å². The largest absolute Gasteiger partial charge is 0.381 e. The lowest BCUT2D eigenvalue weighted by atomic mass is 10.2. The van der Waals surface area contributed by atoms with E-state index in [1.165, 1.54) is 25.7 Å². The number of anilines is 1. The van der Waals surface area contributed by atoms with Crippen LogP contribution in [0.4, 0.5) is 5.69 Å². The van der Waals surface area contributed by atoms with Crippen molar-refractivity contribution < 1.29 is 0 Å². The van der Waals surface area contributed by atoms with Crippen LogP contribution in [0, 0.1) is 0 Å². The summed E-state index contributed by atoms with van der Waals surface area (Å²) in [5, 5.41) is 4.29. The van der Waals surface area contributed by atoms with Gasteiger partial charge in [0.05, 0.1) is 15.2 Å². The fourth-order valence-corrected chi connectivity index (χ4v) is 2.46. The molecule has 0 atom stereocenters. The van der Waals surface area contributed by atoms with E-state index in [0.29, 0.717) is 6.04 Å². The lowest BCUT2D eigenvalue weighted by molar-refractivity contribution is 0.755. The van der Waals surface area contributed by atoms with Crippen LogP contribution in [0.25, 0.3) is 0 Å². The molecule has 0 spiro atoms. The van der Waals surface area contributed by atoms with Crippen molar-refractivity contribution in [2.24, 2.45) is 0 Å². The van der Waals surface area contributed by atoms with E-state index in [1.54, 1.807) is 0 Å². The molecule has 76 valence electrons. The van der Waals surface area contributed by atoms with Crippen LogP contribution in [0.5, 0.6) is 0 Å². The van der Waals surface area contributed by atoms with Gasteiger partial charge in [-0.1, -0.05) is 30.5 Å². The van der Waals surface area contributed by atoms with Gasteiger partial charge >= 0.3 is 0 Å². The average molecular weight is 275 g/mol. The summed E-state index contributed by atoms with van der Waals surface area (Å²) >= 11 is 9.51. The maximum absolute atomic E-state index is 6.01. The van der Waals surface area contributed by atoms with Gasteiger partial charge in [0.1, 0.15) is 0 Å². The highest BCUT2D eigenvalue weighted by molar-refractivity contribution is 9.10. The van der Waals surface area contributed by atoms with Crippen molar-refractivity contribution in [2.45, 2.75) is 31.7 Å². The maximum Gasteiger partial charge on any atom is 0.0593 e. The highest BCUT2D eigenvalue weighted by atomic mass is 79.9. The van der Waals surface area contributed by atoms with E-state index < -0.39 is 0 Å². The number of halogens is 2. The highest BCUT2D eigenvalue weighted by Crippen LogP contribution is 2.32. The van der Waals surface area contributed by atoms with E-state index in [0.717, 1.165) is 15.2 Å². The number of benzene rings is 1. The zero-order chi connectivity index (χ0) is 9.97. The lowest BCUT2D eigenvalue weighted by Gasteiger charge is -2.15. The van der Waals surface area contributed by atoms with E-state index in [4.69, 9.17) is 11.6 Å². The molecule has 14 heavy (non-hydrogen) atoms. The van der Waals surface area contributed by atoms with Crippen LogP contribution in [-0.4, -0.2) is 6.04 Å². The second-order valence-electron chi connectivity index (χ2n) is 3.73. The Hall–Kier alpha value is -0.210. The van der Waals surface area contributed by atoms with Gasteiger partial charge in [-0.25, -0.2) is 0 Å². The van der Waals surface area contributed by atoms with Gasteiger partial charge in [0.2, 0.25) is 0 Å². The van der Waals surface area contributed by atoms with E-state index in [1.807, 2.05) is 12.1 Å². The van der Waals surface area contributed by atoms with Gasteiger partial charge in [0.15, 0.2) is 0 Å². The van der Waals surface area contributed by atoms with Gasteiger partial charge < -0.3 is 5.32 Å². The fourth-order valence-electron chi connectivity index (χ4n) is 1.91. The molecular formula is C11H13BrClN. The van der Waals surface area contributed by atoms with E-state index in [2.05, 4.69) is 27.3 Å². The molecule has 0 heterocycles. The molecule has 0 saturated heterocycles. The van der Waals surface area contributed by atoms with Crippen molar-refractivity contribution in [2.75, 3.05) is 5.32 Å². The average Bonchev–Trinajstić information content (AvgIpc) is 2.66. The second-order valence-corrected chi connectivity index (χ2v) is 4.93. The molecule has 1 aliphatic rings. The zero-order valence-electron chi connectivity index (χ0n) is 7.89. The molecule has 1 aromatic rings. The summed E-state index contributed by atoms with van der Waals surface area (Å²) in [6, 6.07) is 6.56. The molecule has 0 radical (unpaired) electrons. The Kier molecular flexibility index (Phi) is 3.34. The predicted octanol–water partition coefficient (Wildman–Crippen LogP) is 4.46. The third kappa shape index (κ3) is 2.23. The minimum atomic E-state index is 0.629. The van der Waals surface area contributed by atoms with Crippen molar-refractivity contribution >= 4 is 33.2 Å². The fraction of sp³-hybridized carbons (Fsp3) is 0.455. The van der Waals surface area contributed by atoms with Crippen LogP contribution in [0.2, 0.25) is 5.02 Å². The Balaban J connectivity index is 2.11. The molecule has 1 aromatic carbocycles. The van der Waals surface area contributed by atoms with Crippen LogP contribution in [0.15, 0.2) is 22.7 Å². The molecule has 3 heteroatoms. The molecule has 1 aliphatic carbocycles. The minimum Gasteiger partial charge on any atom is -0.381 e. The van der Waals surface area contributed by atoms with Crippen LogP contribution in [0.1, 0.15) is 25.7 Å². The zero-order valence-corrected chi connectivity index (χ0v) is 10.2. The van der Waals surface area contributed by atoms with E-state index in [-0.39, 0.29) is 0 Å². The van der Waals surface area contributed by atoms with Crippen LogP contribution < -0.4 is 5.32 Å². The second kappa shape index (κ2) is 4.54. The van der Waals surface area contributed by atoms with Crippen LogP contribution in [0.3, 0.4) is 0 Å². The summed E-state index contributed by atoms with van der Waals surface area (Å²) in [7, 11) is 0. The molecule has 0 aromatic heterocycles. The summed E-state index contributed by atoms with van der Waals surface area (Å²) in [6.07, 6.45) is 5.24. The summed E-state index contributed by atoms with van der Waals surface area (Å²) in [5.41, 5.74) is 1.12. The first-order valence-electron chi connectivity index (χ1n) is 4.98. The molecule has 1 fully saturated rings. The molecule has 0 unspecified atom stereocenters. The van der Waals surface area contributed by atoms with Gasteiger partial charge in [0.25, 0.3) is 0 Å². The molecule has 1 saturated carbocycles. The number of hydrogen-bond donors (Lipinski definition) is 1. The summed E-state index contributed by atoms with van der Waals surface area (Å²) in [6.45, 7) is 0. The van der Waals surface area contributed by atoms with Crippen molar-refractivity contribution in [3.05, 3.63) is 27.7 Å². The summed E-state index contributed by atoms with van der Waals surface area (Å²) in [5.74, 6) is 0. The number of hydrogen-bond acceptors (Lipinski definition) is 1. The van der Waals surface area contributed by atoms with Crippen molar-refractivity contribution in [1.82, 2.24) is 0 Å². The Morgan fingerprint density at radius 2 is 2.00 bits per heavy atom. The number of rotatable bonds is 2. The third-order valence-electron chi connectivity index (χ3n) is 2.67. The first kappa shape index (κ1) is 10.3. The monoisotopic (exact) mass is 273 g/mol. The van der Waals surface area contributed by atoms with Gasteiger partial charge in [-0.2, -0.15) is 0 Å². The summed E-state index contributed by atoms with van der Waals surface area (Å²) in [4.78, 5) is 0. The molecule has 1 N–H and O–H groups in total. The Morgan fingerprint density at radius 3 is 2.71 bits per heavy atom. The quantitative estimate of drug-likeness (QED) is 0.840. The normalized spacial score (nSPS) is 17.3. The van der Waals surface area contributed by atoms with E-state index in [9.17, 15) is 0 Å². The van der Waals surface area contributed by atoms with Crippen LogP contribution in [-0.2, 0) is 0 Å². The Bertz CT molecular complexity index is 321. The van der Waals surface area contributed by atoms with Gasteiger partial charge in [-0.3, -0.25) is 0 Å². The smallest absolute Gasteiger partial charge is 0.0593 e. The van der Waals surface area contributed by atoms with Crippen molar-refractivity contribution in [3.8, 4) is 0 Å². The lowest BCUT2D eigenvalue weighted by Crippen LogP contribution is -2.14. The number of nitrogens with one attached hydrogen (secondary N) is 1. The molecule has 1 nitrogen and oxygen atoms in total. The molecule has 0 amide bonds. The topological polar surface area (TPSA) is 12.0 Å². The van der Waals surface area contributed by atoms with E-state index >= 15 is 0 Å². The molecular weight excluding hydrogens is 261 g/mol. The van der Waals surface area contributed by atoms with Gasteiger partial charge in [-0.05, 0) is 40.9 Å². The minimum absolute atomic E-state index is 0.629. The predicted molar refractivity (Wildman–Crippen MR) is 65.0 cm³/mol. The molecule has 2 rings (SSSR count). The standard InChI is InChI=1S/C11H13BrClN/c12-11-9(13)6-3-7-10(11)14-8-4-1-2-5-8/h3,6-8,14H,1-2,4-5H2. The van der Waals surface area contributed by atoms with Gasteiger partial charge in [-0.15, -0.1) is 0 Å². The first-order valence-corrected chi connectivity index (χ1v) is 6.15. The van der Waals surface area contributed by atoms with Crippen molar-refractivity contribution in [1.29, 1.82) is 0 Å². The SMILES string of the molecule is Clc1cccc(NC2CCCC2)c1Br.